The molecule has 0 radical (unpaired) electrons. The molecule has 1 unspecified atom stereocenters. The number of quaternary nitrogens is 1. The molecule has 0 aromatic carbocycles. The summed E-state index contributed by atoms with van der Waals surface area (Å²) in [5.41, 5.74) is -2.42. The maximum absolute atomic E-state index is 11.8. The Balaban J connectivity index is 5.30. The van der Waals surface area contributed by atoms with Gasteiger partial charge in [-0.25, -0.2) is 5.09 Å². The fourth-order valence-electron chi connectivity index (χ4n) is 2.11. The van der Waals surface area contributed by atoms with Gasteiger partial charge in [-0.05, 0) is 49.7 Å². The van der Waals surface area contributed by atoms with E-state index in [1.165, 1.54) is 7.11 Å². The Morgan fingerprint density at radius 1 is 1.32 bits per heavy atom. The van der Waals surface area contributed by atoms with E-state index in [-0.39, 0.29) is 11.9 Å². The van der Waals surface area contributed by atoms with Gasteiger partial charge in [0.15, 0.2) is 0 Å². The first-order valence-electron chi connectivity index (χ1n) is 6.73. The summed E-state index contributed by atoms with van der Waals surface area (Å²) < 4.78 is 5.47. The molecule has 0 amide bonds. The third-order valence-electron chi connectivity index (χ3n) is 3.73. The number of hydrogen-bond donors (Lipinski definition) is 1. The van der Waals surface area contributed by atoms with Crippen LogP contribution in [0.3, 0.4) is 0 Å². The van der Waals surface area contributed by atoms with Crippen LogP contribution in [0.5, 0.6) is 0 Å². The highest BCUT2D eigenvalue weighted by Gasteiger charge is 2.42. The molecule has 0 heterocycles. The second-order valence-corrected chi connectivity index (χ2v) is 10.7. The Kier molecular flexibility index (Phi) is 8.08. The highest BCUT2D eigenvalue weighted by atomic mass is 35.7. The Hall–Kier alpha value is 0.330. The van der Waals surface area contributed by atoms with Crippen molar-refractivity contribution in [2.45, 2.75) is 40.7 Å². The number of esters is 1. The van der Waals surface area contributed by atoms with Gasteiger partial charge in [-0.1, -0.05) is 13.8 Å². The molecule has 0 saturated carbocycles. The first kappa shape index (κ1) is 19.3. The van der Waals surface area contributed by atoms with E-state index >= 15 is 0 Å². The minimum Gasteiger partial charge on any atom is -0.468 e. The molecule has 0 aromatic rings. The number of ether oxygens (including phenoxy) is 1. The Bertz CT molecular complexity index is 340. The molecular formula is C12H27ClN2O2PS+. The van der Waals surface area contributed by atoms with Crippen LogP contribution in [0, 0.1) is 5.92 Å². The zero-order valence-corrected chi connectivity index (χ0v) is 15.2. The van der Waals surface area contributed by atoms with Crippen molar-refractivity contribution in [3.63, 3.8) is 0 Å². The van der Waals surface area contributed by atoms with E-state index in [1.807, 2.05) is 13.8 Å². The summed E-state index contributed by atoms with van der Waals surface area (Å²) in [6, 6.07) is -0.449. The fourth-order valence-corrected chi connectivity index (χ4v) is 6.85. The van der Waals surface area contributed by atoms with Crippen molar-refractivity contribution in [1.29, 1.82) is 0 Å². The van der Waals surface area contributed by atoms with Gasteiger partial charge in [0.25, 0.3) is 5.69 Å². The number of rotatable bonds is 8. The average Bonchev–Trinajstić information content (AvgIpc) is 2.37. The van der Waals surface area contributed by atoms with Gasteiger partial charge in [0, 0.05) is 0 Å². The van der Waals surface area contributed by atoms with Gasteiger partial charge < -0.3 is 4.74 Å². The second-order valence-electron chi connectivity index (χ2n) is 4.92. The van der Waals surface area contributed by atoms with Crippen LogP contribution in [0.25, 0.3) is 0 Å². The van der Waals surface area contributed by atoms with Crippen LogP contribution in [0.4, 0.5) is 0 Å². The van der Waals surface area contributed by atoms with Crippen LogP contribution in [-0.4, -0.2) is 43.0 Å². The summed E-state index contributed by atoms with van der Waals surface area (Å²) >= 11 is 12.3. The van der Waals surface area contributed by atoms with Crippen molar-refractivity contribution >= 4 is 34.7 Å². The van der Waals surface area contributed by atoms with E-state index < -0.39 is 11.7 Å². The molecule has 7 heteroatoms. The quantitative estimate of drug-likeness (QED) is 0.548. The molecule has 0 fully saturated rings. The van der Waals surface area contributed by atoms with Gasteiger partial charge >= 0.3 is 5.97 Å². The topological polar surface area (TPSA) is 38.3 Å². The molecule has 0 aliphatic rings. The van der Waals surface area contributed by atoms with E-state index in [0.717, 1.165) is 19.6 Å². The van der Waals surface area contributed by atoms with Crippen LogP contribution in [0.2, 0.25) is 0 Å². The molecular weight excluding hydrogens is 303 g/mol. The zero-order valence-electron chi connectivity index (χ0n) is 12.8. The summed E-state index contributed by atoms with van der Waals surface area (Å²) in [4.78, 5) is 11.8. The number of carbonyl (C=O) groups is 1. The highest BCUT2D eigenvalue weighted by Crippen LogP contribution is 2.57. The normalized spacial score (nSPS) is 17.1. The van der Waals surface area contributed by atoms with E-state index in [1.54, 1.807) is 0 Å². The van der Waals surface area contributed by atoms with Crippen LogP contribution in [-0.2, 0) is 21.3 Å². The van der Waals surface area contributed by atoms with Gasteiger partial charge in [-0.2, -0.15) is 0 Å². The lowest BCUT2D eigenvalue weighted by Crippen LogP contribution is -2.50. The molecule has 0 bridgehead atoms. The van der Waals surface area contributed by atoms with E-state index in [2.05, 4.69) is 25.9 Å². The van der Waals surface area contributed by atoms with Crippen molar-refractivity contribution in [2.24, 2.45) is 5.92 Å². The molecule has 19 heavy (non-hydrogen) atoms. The first-order chi connectivity index (χ1) is 8.71. The van der Waals surface area contributed by atoms with Crippen molar-refractivity contribution < 1.29 is 13.8 Å². The van der Waals surface area contributed by atoms with Gasteiger partial charge in [-0.15, -0.1) is 0 Å². The Morgan fingerprint density at radius 2 is 1.74 bits per heavy atom. The van der Waals surface area contributed by atoms with Crippen LogP contribution < -0.4 is 5.09 Å². The minimum atomic E-state index is -2.42. The van der Waals surface area contributed by atoms with Gasteiger partial charge in [0.2, 0.25) is 0 Å². The minimum absolute atomic E-state index is 0.0843. The molecule has 4 nitrogen and oxygen atoms in total. The Labute approximate surface area is 127 Å². The maximum atomic E-state index is 11.8. The molecule has 0 aliphatic carbocycles. The van der Waals surface area contributed by atoms with Crippen molar-refractivity contribution in [3.8, 4) is 0 Å². The van der Waals surface area contributed by atoms with Crippen LogP contribution >= 0.6 is 16.9 Å². The number of nitrogens with one attached hydrogen (secondary N) is 1. The molecule has 0 aliphatic heterocycles. The molecule has 0 aromatic heterocycles. The second kappa shape index (κ2) is 7.94. The molecule has 1 N–H and O–H groups in total. The molecule has 0 rings (SSSR count). The van der Waals surface area contributed by atoms with Crippen molar-refractivity contribution in [1.82, 2.24) is 5.09 Å². The van der Waals surface area contributed by atoms with Crippen LogP contribution in [0.15, 0.2) is 0 Å². The number of hydrogen-bond acceptors (Lipinski definition) is 3. The first-order valence-corrected chi connectivity index (χ1v) is 10.4. The largest absolute Gasteiger partial charge is 0.468 e. The maximum Gasteiger partial charge on any atom is 0.323 e. The van der Waals surface area contributed by atoms with E-state index in [4.69, 9.17) is 27.8 Å². The lowest BCUT2D eigenvalue weighted by molar-refractivity contribution is -0.801. The SMILES string of the molecule is CC[N+](CC)(CC)P(=S)(Cl)N[C@@H](C(=O)OC)C(C)C. The smallest absolute Gasteiger partial charge is 0.323 e. The average molecular weight is 330 g/mol. The Morgan fingerprint density at radius 3 is 2.00 bits per heavy atom. The highest BCUT2D eigenvalue weighted by molar-refractivity contribution is 8.23. The van der Waals surface area contributed by atoms with Gasteiger partial charge in [0.05, 0.1) is 26.7 Å². The monoisotopic (exact) mass is 329 g/mol. The van der Waals surface area contributed by atoms with Crippen molar-refractivity contribution in [3.05, 3.63) is 0 Å². The van der Waals surface area contributed by atoms with Gasteiger partial charge in [0.1, 0.15) is 6.04 Å². The summed E-state index contributed by atoms with van der Waals surface area (Å²) in [7, 11) is 1.39. The van der Waals surface area contributed by atoms with E-state index in [0.29, 0.717) is 4.25 Å². The molecule has 114 valence electrons. The standard InChI is InChI=1S/C12H27ClN2O2PS/c1-7-15(8-2,9-3)18(13,19)14-11(10(4)5)12(16)17-6/h10-11H,7-9H2,1-6H3,(H,14,19)/q+1/t11-,18?/m1/s1. The predicted octanol–water partition coefficient (Wildman–Crippen LogP) is 3.11. The number of nitrogens with zero attached hydrogens (tertiary/aromatic N) is 1. The molecule has 2 atom stereocenters. The summed E-state index contributed by atoms with van der Waals surface area (Å²) in [5, 5.41) is 3.23. The predicted molar refractivity (Wildman–Crippen MR) is 85.8 cm³/mol. The third-order valence-corrected chi connectivity index (χ3v) is 8.88. The summed E-state index contributed by atoms with van der Waals surface area (Å²) in [6.45, 7) is 12.7. The number of carbonyl (C=O) groups excluding carboxylic acids is 1. The molecule has 0 saturated heterocycles. The van der Waals surface area contributed by atoms with E-state index in [9.17, 15) is 4.79 Å². The summed E-state index contributed by atoms with van der Waals surface area (Å²) in [6.07, 6.45) is 0. The zero-order chi connectivity index (χ0) is 15.3. The lowest BCUT2D eigenvalue weighted by atomic mass is 10.1. The summed E-state index contributed by atoms with van der Waals surface area (Å²) in [5.74, 6) is -0.215. The lowest BCUT2D eigenvalue weighted by Gasteiger charge is -2.43. The number of methoxy groups -OCH3 is 1. The molecule has 0 spiro atoms. The van der Waals surface area contributed by atoms with Crippen molar-refractivity contribution in [2.75, 3.05) is 26.7 Å². The third kappa shape index (κ3) is 4.40. The fraction of sp³-hybridized carbons (Fsp3) is 0.917. The van der Waals surface area contributed by atoms with Crippen LogP contribution in [0.1, 0.15) is 34.6 Å². The number of halogens is 1. The van der Waals surface area contributed by atoms with Gasteiger partial charge in [-0.3, -0.25) is 9.05 Å².